The number of fused-ring (bicyclic) bond motifs is 3. The van der Waals surface area contributed by atoms with Crippen molar-refractivity contribution in [1.82, 2.24) is 14.5 Å². The minimum atomic E-state index is -0.307. The van der Waals surface area contributed by atoms with Gasteiger partial charge < -0.3 is 9.47 Å². The molecule has 0 bridgehead atoms. The minimum absolute atomic E-state index is 0.208. The van der Waals surface area contributed by atoms with Crippen molar-refractivity contribution < 1.29 is 4.79 Å². The third kappa shape index (κ3) is 2.64. The fourth-order valence-electron chi connectivity index (χ4n) is 5.54. The molecule has 2 saturated carbocycles. The van der Waals surface area contributed by atoms with Gasteiger partial charge in [-0.3, -0.25) is 9.78 Å². The Morgan fingerprint density at radius 2 is 1.97 bits per heavy atom. The maximum absolute atomic E-state index is 13.4. The Bertz CT molecular complexity index is 1160. The highest BCUT2D eigenvalue weighted by Crippen LogP contribution is 2.57. The molecule has 30 heavy (non-hydrogen) atoms. The number of hydrogen-bond acceptors (Lipinski definition) is 3. The summed E-state index contributed by atoms with van der Waals surface area (Å²) in [5, 5.41) is 0.694. The number of carbonyl (C=O) groups excluding carboxylic acids is 1. The molecule has 2 fully saturated rings. The fourth-order valence-corrected chi connectivity index (χ4v) is 5.70. The van der Waals surface area contributed by atoms with Crippen molar-refractivity contribution in [2.24, 2.45) is 5.92 Å². The number of halogens is 1. The maximum atomic E-state index is 13.4. The van der Waals surface area contributed by atoms with Gasteiger partial charge in [0.1, 0.15) is 5.82 Å². The summed E-state index contributed by atoms with van der Waals surface area (Å²) in [6.07, 6.45) is 10.3. The number of anilines is 1. The van der Waals surface area contributed by atoms with Crippen LogP contribution in [-0.4, -0.2) is 20.4 Å². The summed E-state index contributed by atoms with van der Waals surface area (Å²) in [5.41, 5.74) is 3.82. The summed E-state index contributed by atoms with van der Waals surface area (Å²) >= 11 is 6.27. The van der Waals surface area contributed by atoms with Crippen LogP contribution < -0.4 is 4.90 Å². The third-order valence-electron chi connectivity index (χ3n) is 7.39. The Hall–Kier alpha value is -2.40. The number of rotatable bonds is 3. The lowest BCUT2D eigenvalue weighted by atomic mass is 9.87. The molecule has 6 rings (SSSR count). The first kappa shape index (κ1) is 18.4. The monoisotopic (exact) mass is 420 g/mol. The predicted molar refractivity (Wildman–Crippen MR) is 118 cm³/mol. The molecule has 154 valence electrons. The van der Waals surface area contributed by atoms with Crippen LogP contribution in [0.1, 0.15) is 62.9 Å². The highest BCUT2D eigenvalue weighted by atomic mass is 35.5. The second-order valence-electron chi connectivity index (χ2n) is 9.31. The average Bonchev–Trinajstić information content (AvgIpc) is 3.44. The molecule has 3 aliphatic rings. The molecule has 3 heterocycles. The molecule has 1 aromatic carbocycles. The number of carbonyl (C=O) groups is 1. The van der Waals surface area contributed by atoms with E-state index in [-0.39, 0.29) is 11.3 Å². The number of nitrogens with zero attached hydrogens (tertiary/aromatic N) is 4. The van der Waals surface area contributed by atoms with E-state index in [9.17, 15) is 4.79 Å². The molecule has 1 aliphatic heterocycles. The topological polar surface area (TPSA) is 51.0 Å². The first-order chi connectivity index (χ1) is 14.6. The lowest BCUT2D eigenvalue weighted by Crippen LogP contribution is -2.33. The van der Waals surface area contributed by atoms with Crippen LogP contribution in [0.15, 0.2) is 36.7 Å². The summed E-state index contributed by atoms with van der Waals surface area (Å²) in [6.45, 7) is 2.82. The molecule has 0 unspecified atom stereocenters. The SMILES string of the molecule is C[C@H]1CC[C@@H](n2c(CN3C(=O)C4(CC4)c4ccncc43)nc3cc(Cl)ccc32)CC1. The summed E-state index contributed by atoms with van der Waals surface area (Å²) in [6, 6.07) is 8.40. The van der Waals surface area contributed by atoms with Crippen molar-refractivity contribution in [1.29, 1.82) is 0 Å². The average molecular weight is 421 g/mol. The predicted octanol–water partition coefficient (Wildman–Crippen LogP) is 5.41. The maximum Gasteiger partial charge on any atom is 0.238 e. The summed E-state index contributed by atoms with van der Waals surface area (Å²) in [4.78, 5) is 24.6. The molecule has 2 aromatic heterocycles. The van der Waals surface area contributed by atoms with Crippen LogP contribution in [0.25, 0.3) is 11.0 Å². The largest absolute Gasteiger partial charge is 0.323 e. The van der Waals surface area contributed by atoms with E-state index in [1.807, 2.05) is 29.3 Å². The number of aromatic nitrogens is 3. The van der Waals surface area contributed by atoms with Gasteiger partial charge in [-0.1, -0.05) is 18.5 Å². The first-order valence-corrected chi connectivity index (χ1v) is 11.4. The number of pyridine rings is 1. The quantitative estimate of drug-likeness (QED) is 0.568. The Morgan fingerprint density at radius 1 is 1.17 bits per heavy atom. The lowest BCUT2D eigenvalue weighted by molar-refractivity contribution is -0.120. The highest BCUT2D eigenvalue weighted by molar-refractivity contribution is 6.31. The van der Waals surface area contributed by atoms with E-state index in [2.05, 4.69) is 22.5 Å². The molecule has 1 spiro atoms. The van der Waals surface area contributed by atoms with Crippen LogP contribution >= 0.6 is 11.6 Å². The lowest BCUT2D eigenvalue weighted by Gasteiger charge is -2.30. The van der Waals surface area contributed by atoms with Gasteiger partial charge >= 0.3 is 0 Å². The molecule has 2 aliphatic carbocycles. The van der Waals surface area contributed by atoms with Crippen LogP contribution in [0.5, 0.6) is 0 Å². The summed E-state index contributed by atoms with van der Waals surface area (Å²) in [5.74, 6) is 1.94. The van der Waals surface area contributed by atoms with Gasteiger partial charge in [0.2, 0.25) is 5.91 Å². The van der Waals surface area contributed by atoms with Crippen LogP contribution in [0.2, 0.25) is 5.02 Å². The van der Waals surface area contributed by atoms with E-state index in [1.54, 1.807) is 6.20 Å². The van der Waals surface area contributed by atoms with Crippen LogP contribution in [0.3, 0.4) is 0 Å². The Balaban J connectivity index is 1.44. The smallest absolute Gasteiger partial charge is 0.238 e. The van der Waals surface area contributed by atoms with Crippen molar-refractivity contribution in [3.05, 3.63) is 53.1 Å². The van der Waals surface area contributed by atoms with Crippen LogP contribution in [0.4, 0.5) is 5.69 Å². The molecule has 1 amide bonds. The van der Waals surface area contributed by atoms with Crippen molar-refractivity contribution in [3.63, 3.8) is 0 Å². The van der Waals surface area contributed by atoms with E-state index < -0.39 is 0 Å². The van der Waals surface area contributed by atoms with Gasteiger partial charge in [-0.15, -0.1) is 0 Å². The minimum Gasteiger partial charge on any atom is -0.323 e. The molecule has 5 nitrogen and oxygen atoms in total. The van der Waals surface area contributed by atoms with Gasteiger partial charge in [-0.25, -0.2) is 4.98 Å². The van der Waals surface area contributed by atoms with E-state index in [0.29, 0.717) is 17.6 Å². The zero-order chi connectivity index (χ0) is 20.5. The van der Waals surface area contributed by atoms with Gasteiger partial charge in [0, 0.05) is 17.3 Å². The van der Waals surface area contributed by atoms with E-state index in [4.69, 9.17) is 16.6 Å². The molecule has 0 atom stereocenters. The third-order valence-corrected chi connectivity index (χ3v) is 7.62. The van der Waals surface area contributed by atoms with Crippen molar-refractivity contribution in [2.45, 2.75) is 63.5 Å². The molecule has 0 radical (unpaired) electrons. The van der Waals surface area contributed by atoms with Gasteiger partial charge in [0.05, 0.1) is 34.9 Å². The van der Waals surface area contributed by atoms with Gasteiger partial charge in [0.25, 0.3) is 0 Å². The fraction of sp³-hybridized carbons (Fsp3) is 0.458. The van der Waals surface area contributed by atoms with E-state index >= 15 is 0 Å². The molecular formula is C24H25ClN4O. The summed E-state index contributed by atoms with van der Waals surface area (Å²) < 4.78 is 2.39. The van der Waals surface area contributed by atoms with Crippen molar-refractivity contribution in [2.75, 3.05) is 4.90 Å². The second-order valence-corrected chi connectivity index (χ2v) is 9.75. The zero-order valence-corrected chi connectivity index (χ0v) is 17.9. The number of benzene rings is 1. The highest BCUT2D eigenvalue weighted by Gasteiger charge is 2.59. The number of imidazole rings is 1. The van der Waals surface area contributed by atoms with Crippen LogP contribution in [0, 0.1) is 5.92 Å². The number of hydrogen-bond donors (Lipinski definition) is 0. The molecular weight excluding hydrogens is 396 g/mol. The molecule has 0 N–H and O–H groups in total. The van der Waals surface area contributed by atoms with Crippen molar-refractivity contribution >= 4 is 34.2 Å². The zero-order valence-electron chi connectivity index (χ0n) is 17.1. The Labute approximate surface area is 181 Å². The van der Waals surface area contributed by atoms with Crippen molar-refractivity contribution in [3.8, 4) is 0 Å². The van der Waals surface area contributed by atoms with Gasteiger partial charge in [-0.05, 0) is 74.3 Å². The Kier molecular flexibility index (Phi) is 4.01. The Morgan fingerprint density at radius 3 is 2.73 bits per heavy atom. The number of amides is 1. The van der Waals surface area contributed by atoms with Gasteiger partial charge in [-0.2, -0.15) is 0 Å². The first-order valence-electron chi connectivity index (χ1n) is 11.0. The molecule has 6 heteroatoms. The normalized spacial score (nSPS) is 24.6. The van der Waals surface area contributed by atoms with E-state index in [1.165, 1.54) is 12.8 Å². The molecule has 0 saturated heterocycles. The van der Waals surface area contributed by atoms with Crippen LogP contribution in [-0.2, 0) is 16.8 Å². The second kappa shape index (κ2) is 6.55. The summed E-state index contributed by atoms with van der Waals surface area (Å²) in [7, 11) is 0. The van der Waals surface area contributed by atoms with E-state index in [0.717, 1.165) is 59.7 Å². The molecule has 3 aromatic rings. The van der Waals surface area contributed by atoms with Gasteiger partial charge in [0.15, 0.2) is 0 Å². The standard InChI is InChI=1S/C24H25ClN4O/c1-15-2-5-17(6-3-15)29-20-7-4-16(25)12-19(20)27-22(29)14-28-21-13-26-11-8-18(21)24(9-10-24)23(28)30/h4,7-8,11-13,15,17H,2-3,5-6,9-10,14H2,1H3/t15-,17+.